The molecule has 0 aromatic heterocycles. The summed E-state index contributed by atoms with van der Waals surface area (Å²) in [6.45, 7) is 5.45. The molecule has 2 atom stereocenters. The van der Waals surface area contributed by atoms with Crippen molar-refractivity contribution in [3.8, 4) is 11.1 Å². The molecule has 2 aliphatic rings. The number of alkyl carbamates (subject to hydrolysis) is 1. The summed E-state index contributed by atoms with van der Waals surface area (Å²) in [5.41, 5.74) is 3.81. The number of amides is 1. The second-order valence-electron chi connectivity index (χ2n) is 9.25. The van der Waals surface area contributed by atoms with Gasteiger partial charge in [0.2, 0.25) is 0 Å². The molecule has 0 radical (unpaired) electrons. The lowest BCUT2D eigenvalue weighted by Crippen LogP contribution is -2.54. The van der Waals surface area contributed by atoms with E-state index in [1.54, 1.807) is 6.08 Å². The van der Waals surface area contributed by atoms with E-state index in [4.69, 9.17) is 4.74 Å². The molecule has 6 heteroatoms. The molecule has 0 saturated carbocycles. The summed E-state index contributed by atoms with van der Waals surface area (Å²) in [5.74, 6) is -1.15. The largest absolute Gasteiger partial charge is 0.480 e. The van der Waals surface area contributed by atoms with E-state index in [-0.39, 0.29) is 12.5 Å². The van der Waals surface area contributed by atoms with Crippen LogP contribution in [0.4, 0.5) is 4.79 Å². The van der Waals surface area contributed by atoms with Crippen LogP contribution in [-0.2, 0) is 9.53 Å². The molecule has 1 aliphatic heterocycles. The monoisotopic (exact) mass is 421 g/mol. The van der Waals surface area contributed by atoms with E-state index in [9.17, 15) is 14.7 Å². The number of likely N-dealkylation sites (tertiary alicyclic amines) is 1. The van der Waals surface area contributed by atoms with Gasteiger partial charge in [0.1, 0.15) is 12.6 Å². The molecule has 0 spiro atoms. The minimum Gasteiger partial charge on any atom is -0.480 e. The number of quaternary nitrogens is 1. The average molecular weight is 422 g/mol. The van der Waals surface area contributed by atoms with Crippen LogP contribution in [0.25, 0.3) is 11.1 Å². The van der Waals surface area contributed by atoms with Crippen molar-refractivity contribution < 1.29 is 23.9 Å². The Morgan fingerprint density at radius 1 is 1.19 bits per heavy atom. The number of rotatable bonds is 6. The first-order chi connectivity index (χ1) is 14.8. The number of carbonyl (C=O) groups excluding carboxylic acids is 1. The van der Waals surface area contributed by atoms with Gasteiger partial charge in [-0.25, -0.2) is 9.59 Å². The van der Waals surface area contributed by atoms with Crippen LogP contribution in [0.2, 0.25) is 0 Å². The first kappa shape index (κ1) is 21.1. The number of hydrogen-bond donors (Lipinski definition) is 2. The number of benzene rings is 2. The quantitative estimate of drug-likeness (QED) is 0.552. The van der Waals surface area contributed by atoms with E-state index in [1.165, 1.54) is 0 Å². The zero-order valence-electron chi connectivity index (χ0n) is 18.0. The topological polar surface area (TPSA) is 75.6 Å². The summed E-state index contributed by atoms with van der Waals surface area (Å²) in [6.07, 6.45) is 1.61. The van der Waals surface area contributed by atoms with Gasteiger partial charge in [-0.1, -0.05) is 54.6 Å². The van der Waals surface area contributed by atoms with E-state index in [2.05, 4.69) is 38.1 Å². The van der Waals surface area contributed by atoms with Gasteiger partial charge in [-0.3, -0.25) is 0 Å². The van der Waals surface area contributed by atoms with Crippen molar-refractivity contribution in [3.05, 3.63) is 72.3 Å². The summed E-state index contributed by atoms with van der Waals surface area (Å²) < 4.78 is 6.25. The number of fused-ring (bicyclic) bond motifs is 3. The molecule has 0 bridgehead atoms. The predicted octanol–water partition coefficient (Wildman–Crippen LogP) is 3.63. The van der Waals surface area contributed by atoms with Gasteiger partial charge in [-0.15, -0.1) is 6.58 Å². The maximum atomic E-state index is 12.7. The van der Waals surface area contributed by atoms with Crippen LogP contribution < -0.4 is 5.32 Å². The zero-order chi connectivity index (χ0) is 22.2. The zero-order valence-corrected chi connectivity index (χ0v) is 18.0. The molecular formula is C25H29N2O4+. The highest BCUT2D eigenvalue weighted by atomic mass is 16.5. The van der Waals surface area contributed by atoms with E-state index < -0.39 is 23.5 Å². The maximum absolute atomic E-state index is 12.7. The molecule has 4 rings (SSSR count). The Morgan fingerprint density at radius 3 is 2.26 bits per heavy atom. The molecule has 0 unspecified atom stereocenters. The van der Waals surface area contributed by atoms with E-state index in [0.717, 1.165) is 28.8 Å². The molecule has 1 heterocycles. The van der Waals surface area contributed by atoms with Crippen LogP contribution in [0, 0.1) is 5.41 Å². The second-order valence-corrected chi connectivity index (χ2v) is 9.25. The number of carboxylic acids is 1. The SMILES string of the molecule is C=C[C@@]1([C@@H](NC(=O)OCC2c3ccccc3-c3ccccc32)C(=O)O)CC[N+](C)(C)C1. The molecule has 2 aromatic rings. The van der Waals surface area contributed by atoms with Gasteiger partial charge in [0, 0.05) is 12.3 Å². The average Bonchev–Trinajstić information content (AvgIpc) is 3.25. The number of carboxylic acid groups (broad SMARTS) is 1. The third-order valence-corrected chi connectivity index (χ3v) is 6.74. The summed E-state index contributed by atoms with van der Waals surface area (Å²) in [7, 11) is 4.11. The molecule has 1 aliphatic carbocycles. The lowest BCUT2D eigenvalue weighted by molar-refractivity contribution is -0.880. The lowest BCUT2D eigenvalue weighted by atomic mass is 9.79. The van der Waals surface area contributed by atoms with Crippen molar-refractivity contribution in [2.45, 2.75) is 18.4 Å². The van der Waals surface area contributed by atoms with Crippen LogP contribution in [0.5, 0.6) is 0 Å². The van der Waals surface area contributed by atoms with Gasteiger partial charge >= 0.3 is 12.1 Å². The van der Waals surface area contributed by atoms with Crippen molar-refractivity contribution in [1.82, 2.24) is 5.32 Å². The predicted molar refractivity (Wildman–Crippen MR) is 119 cm³/mol. The fraction of sp³-hybridized carbons (Fsp3) is 0.360. The number of hydrogen-bond acceptors (Lipinski definition) is 3. The van der Waals surface area contributed by atoms with E-state index in [1.807, 2.05) is 36.4 Å². The van der Waals surface area contributed by atoms with Crippen molar-refractivity contribution >= 4 is 12.1 Å². The van der Waals surface area contributed by atoms with Gasteiger partial charge in [-0.2, -0.15) is 0 Å². The minimum absolute atomic E-state index is 0.0723. The third kappa shape index (κ3) is 3.83. The highest BCUT2D eigenvalue weighted by Crippen LogP contribution is 2.44. The summed E-state index contributed by atoms with van der Waals surface area (Å²) in [4.78, 5) is 24.7. The molecule has 1 fully saturated rings. The van der Waals surface area contributed by atoms with Gasteiger partial charge in [0.15, 0.2) is 0 Å². The summed E-state index contributed by atoms with van der Waals surface area (Å²) >= 11 is 0. The Labute approximate surface area is 182 Å². The van der Waals surface area contributed by atoms with Gasteiger partial charge in [-0.05, 0) is 22.3 Å². The number of carbonyl (C=O) groups is 2. The van der Waals surface area contributed by atoms with Crippen molar-refractivity contribution in [3.63, 3.8) is 0 Å². The van der Waals surface area contributed by atoms with Crippen LogP contribution in [0.1, 0.15) is 23.5 Å². The third-order valence-electron chi connectivity index (χ3n) is 6.74. The van der Waals surface area contributed by atoms with Crippen LogP contribution in [0.3, 0.4) is 0 Å². The molecule has 1 amide bonds. The number of aliphatic carboxylic acids is 1. The minimum atomic E-state index is -1.08. The Bertz CT molecular complexity index is 986. The number of nitrogens with one attached hydrogen (secondary N) is 1. The Morgan fingerprint density at radius 2 is 1.77 bits per heavy atom. The maximum Gasteiger partial charge on any atom is 0.407 e. The highest BCUT2D eigenvalue weighted by Gasteiger charge is 2.51. The molecular weight excluding hydrogens is 392 g/mol. The smallest absolute Gasteiger partial charge is 0.407 e. The number of ether oxygens (including phenoxy) is 1. The first-order valence-corrected chi connectivity index (χ1v) is 10.6. The summed E-state index contributed by atoms with van der Waals surface area (Å²) in [5, 5.41) is 12.5. The Kier molecular flexibility index (Phi) is 5.35. The summed E-state index contributed by atoms with van der Waals surface area (Å²) in [6, 6.07) is 15.1. The standard InChI is InChI=1S/C25H28N2O4/c1-4-25(13-14-27(2,3)16-25)22(23(28)29)26-24(30)31-15-21-19-11-7-5-9-17(19)18-10-6-8-12-20(18)21/h4-12,21-22H,1,13-16H2,2-3H3,(H-,26,28,29,30)/p+1/t22-,25+/m0/s1. The van der Waals surface area contributed by atoms with E-state index in [0.29, 0.717) is 17.4 Å². The van der Waals surface area contributed by atoms with E-state index >= 15 is 0 Å². The van der Waals surface area contributed by atoms with Crippen molar-refractivity contribution in [1.29, 1.82) is 0 Å². The Balaban J connectivity index is 1.49. The molecule has 31 heavy (non-hydrogen) atoms. The van der Waals surface area contributed by atoms with Crippen LogP contribution in [0.15, 0.2) is 61.2 Å². The molecule has 2 aromatic carbocycles. The van der Waals surface area contributed by atoms with Crippen LogP contribution in [-0.4, -0.2) is 61.5 Å². The van der Waals surface area contributed by atoms with Crippen molar-refractivity contribution in [2.24, 2.45) is 5.41 Å². The molecule has 6 nitrogen and oxygen atoms in total. The number of nitrogens with zero attached hydrogens (tertiary/aromatic N) is 1. The fourth-order valence-corrected chi connectivity index (χ4v) is 5.20. The fourth-order valence-electron chi connectivity index (χ4n) is 5.20. The highest BCUT2D eigenvalue weighted by molar-refractivity contribution is 5.82. The van der Waals surface area contributed by atoms with Crippen LogP contribution >= 0.6 is 0 Å². The second kappa shape index (κ2) is 7.85. The normalized spacial score (nSPS) is 22.3. The molecule has 1 saturated heterocycles. The van der Waals surface area contributed by atoms with Crippen molar-refractivity contribution in [2.75, 3.05) is 33.8 Å². The first-order valence-electron chi connectivity index (χ1n) is 10.6. The van der Waals surface area contributed by atoms with Gasteiger partial charge < -0.3 is 19.6 Å². The lowest BCUT2D eigenvalue weighted by Gasteiger charge is -2.32. The molecule has 162 valence electrons. The van der Waals surface area contributed by atoms with Gasteiger partial charge in [0.25, 0.3) is 0 Å². The Hall–Kier alpha value is -3.12. The van der Waals surface area contributed by atoms with Gasteiger partial charge in [0.05, 0.1) is 32.6 Å². The molecule has 2 N–H and O–H groups in total.